The van der Waals surface area contributed by atoms with Gasteiger partial charge in [-0.3, -0.25) is 9.59 Å². The van der Waals surface area contributed by atoms with E-state index in [0.717, 1.165) is 11.1 Å². The summed E-state index contributed by atoms with van der Waals surface area (Å²) in [6, 6.07) is 15.7. The van der Waals surface area contributed by atoms with Crippen molar-refractivity contribution < 1.29 is 9.59 Å². The summed E-state index contributed by atoms with van der Waals surface area (Å²) >= 11 is 0. The molecule has 0 aliphatic carbocycles. The first-order valence-electron chi connectivity index (χ1n) is 9.06. The van der Waals surface area contributed by atoms with E-state index in [1.54, 1.807) is 18.0 Å². The van der Waals surface area contributed by atoms with Gasteiger partial charge in [-0.05, 0) is 34.2 Å². The second-order valence-electron chi connectivity index (χ2n) is 7.73. The Balaban J connectivity index is 2.05. The van der Waals surface area contributed by atoms with Crippen molar-refractivity contribution in [1.29, 1.82) is 0 Å². The fourth-order valence-electron chi connectivity index (χ4n) is 2.59. The molecule has 2 aromatic carbocycles. The maximum absolute atomic E-state index is 12.3. The van der Waals surface area contributed by atoms with Gasteiger partial charge in [0, 0.05) is 32.3 Å². The lowest BCUT2D eigenvalue weighted by Gasteiger charge is -2.18. The highest BCUT2D eigenvalue weighted by molar-refractivity contribution is 6.02. The van der Waals surface area contributed by atoms with Crippen molar-refractivity contribution in [3.05, 3.63) is 71.3 Å². The molecule has 0 saturated carbocycles. The standard InChI is InChI=1S/C23H28N2O2/c1-17(26)25(5)16-19-8-6-7-9-21(19)24-22(27)15-12-18-10-13-20(14-11-18)23(2,3)4/h6-15H,16H2,1-5H3,(H,24,27)/b15-12+. The molecule has 0 atom stereocenters. The normalized spacial score (nSPS) is 11.4. The molecule has 0 aliphatic rings. The van der Waals surface area contributed by atoms with E-state index < -0.39 is 0 Å². The Morgan fingerprint density at radius 1 is 1.04 bits per heavy atom. The second-order valence-corrected chi connectivity index (χ2v) is 7.73. The molecule has 0 heterocycles. The SMILES string of the molecule is CC(=O)N(C)Cc1ccccc1NC(=O)/C=C/c1ccc(C(C)(C)C)cc1. The molecular formula is C23H28N2O2. The Bertz CT molecular complexity index is 830. The van der Waals surface area contributed by atoms with Gasteiger partial charge in [0.05, 0.1) is 0 Å². The van der Waals surface area contributed by atoms with Crippen molar-refractivity contribution in [3.63, 3.8) is 0 Å². The summed E-state index contributed by atoms with van der Waals surface area (Å²) < 4.78 is 0. The van der Waals surface area contributed by atoms with Gasteiger partial charge in [-0.15, -0.1) is 0 Å². The number of amides is 2. The summed E-state index contributed by atoms with van der Waals surface area (Å²) in [6.45, 7) is 8.49. The number of anilines is 1. The highest BCUT2D eigenvalue weighted by atomic mass is 16.2. The van der Waals surface area contributed by atoms with Crippen LogP contribution in [0.25, 0.3) is 6.08 Å². The van der Waals surface area contributed by atoms with Crippen molar-refractivity contribution in [3.8, 4) is 0 Å². The smallest absolute Gasteiger partial charge is 0.248 e. The third kappa shape index (κ3) is 6.10. The number of carbonyl (C=O) groups is 2. The van der Waals surface area contributed by atoms with Crippen LogP contribution in [-0.2, 0) is 21.5 Å². The molecule has 0 aromatic heterocycles. The molecule has 27 heavy (non-hydrogen) atoms. The van der Waals surface area contributed by atoms with Crippen molar-refractivity contribution in [1.82, 2.24) is 4.90 Å². The third-order valence-corrected chi connectivity index (χ3v) is 4.42. The minimum Gasteiger partial charge on any atom is -0.342 e. The van der Waals surface area contributed by atoms with Gasteiger partial charge in [0.2, 0.25) is 11.8 Å². The molecule has 0 saturated heterocycles. The molecule has 142 valence electrons. The van der Waals surface area contributed by atoms with E-state index in [1.807, 2.05) is 36.4 Å². The predicted molar refractivity (Wildman–Crippen MR) is 111 cm³/mol. The maximum atomic E-state index is 12.3. The average molecular weight is 364 g/mol. The summed E-state index contributed by atoms with van der Waals surface area (Å²) in [5.41, 5.74) is 3.95. The number of rotatable bonds is 5. The molecular weight excluding hydrogens is 336 g/mol. The molecule has 2 rings (SSSR count). The van der Waals surface area contributed by atoms with Gasteiger partial charge in [-0.1, -0.05) is 63.2 Å². The topological polar surface area (TPSA) is 49.4 Å². The van der Waals surface area contributed by atoms with E-state index in [-0.39, 0.29) is 17.2 Å². The fourth-order valence-corrected chi connectivity index (χ4v) is 2.59. The molecule has 4 nitrogen and oxygen atoms in total. The Morgan fingerprint density at radius 3 is 2.26 bits per heavy atom. The van der Waals surface area contributed by atoms with Crippen LogP contribution in [-0.4, -0.2) is 23.8 Å². The Morgan fingerprint density at radius 2 is 1.67 bits per heavy atom. The number of para-hydroxylation sites is 1. The monoisotopic (exact) mass is 364 g/mol. The largest absolute Gasteiger partial charge is 0.342 e. The van der Waals surface area contributed by atoms with Gasteiger partial charge in [0.1, 0.15) is 0 Å². The average Bonchev–Trinajstić information content (AvgIpc) is 2.61. The lowest BCUT2D eigenvalue weighted by molar-refractivity contribution is -0.128. The zero-order valence-corrected chi connectivity index (χ0v) is 16.7. The van der Waals surface area contributed by atoms with Crippen molar-refractivity contribution in [2.75, 3.05) is 12.4 Å². The molecule has 0 spiro atoms. The highest BCUT2D eigenvalue weighted by Crippen LogP contribution is 2.22. The van der Waals surface area contributed by atoms with E-state index in [1.165, 1.54) is 18.6 Å². The van der Waals surface area contributed by atoms with Crippen LogP contribution in [0.1, 0.15) is 44.4 Å². The lowest BCUT2D eigenvalue weighted by Crippen LogP contribution is -2.24. The van der Waals surface area contributed by atoms with Crippen LogP contribution in [0.4, 0.5) is 5.69 Å². The number of hydrogen-bond donors (Lipinski definition) is 1. The van der Waals surface area contributed by atoms with Gasteiger partial charge in [0.25, 0.3) is 0 Å². The van der Waals surface area contributed by atoms with Gasteiger partial charge in [0.15, 0.2) is 0 Å². The molecule has 0 unspecified atom stereocenters. The molecule has 0 fully saturated rings. The second kappa shape index (κ2) is 8.67. The quantitative estimate of drug-likeness (QED) is 0.788. The van der Waals surface area contributed by atoms with Crippen molar-refractivity contribution in [2.45, 2.75) is 39.7 Å². The van der Waals surface area contributed by atoms with Crippen LogP contribution in [0.3, 0.4) is 0 Å². The zero-order valence-electron chi connectivity index (χ0n) is 16.7. The number of hydrogen-bond acceptors (Lipinski definition) is 2. The Kier molecular flexibility index (Phi) is 6.56. The summed E-state index contributed by atoms with van der Waals surface area (Å²) in [4.78, 5) is 25.4. The van der Waals surface area contributed by atoms with Gasteiger partial charge in [-0.25, -0.2) is 0 Å². The first-order valence-corrected chi connectivity index (χ1v) is 9.06. The number of benzene rings is 2. The molecule has 0 aliphatic heterocycles. The van der Waals surface area contributed by atoms with E-state index in [2.05, 4.69) is 38.2 Å². The van der Waals surface area contributed by atoms with Crippen molar-refractivity contribution in [2.24, 2.45) is 0 Å². The van der Waals surface area contributed by atoms with Gasteiger partial charge >= 0.3 is 0 Å². The maximum Gasteiger partial charge on any atom is 0.248 e. The van der Waals surface area contributed by atoms with E-state index in [4.69, 9.17) is 0 Å². The molecule has 4 heteroatoms. The predicted octanol–water partition coefficient (Wildman–Crippen LogP) is 4.61. The van der Waals surface area contributed by atoms with Crippen LogP contribution in [0.15, 0.2) is 54.6 Å². The van der Waals surface area contributed by atoms with E-state index >= 15 is 0 Å². The summed E-state index contributed by atoms with van der Waals surface area (Å²) in [5.74, 6) is -0.220. The molecule has 1 N–H and O–H groups in total. The van der Waals surface area contributed by atoms with Crippen LogP contribution < -0.4 is 5.32 Å². The first kappa shape index (κ1) is 20.4. The summed E-state index contributed by atoms with van der Waals surface area (Å²) in [6.07, 6.45) is 3.32. The van der Waals surface area contributed by atoms with E-state index in [0.29, 0.717) is 12.2 Å². The minimum absolute atomic E-state index is 0.0188. The van der Waals surface area contributed by atoms with Crippen molar-refractivity contribution >= 4 is 23.6 Å². The van der Waals surface area contributed by atoms with Crippen LogP contribution in [0.2, 0.25) is 0 Å². The number of carbonyl (C=O) groups excluding carboxylic acids is 2. The Hall–Kier alpha value is -2.88. The van der Waals surface area contributed by atoms with Crippen LogP contribution in [0.5, 0.6) is 0 Å². The zero-order chi connectivity index (χ0) is 20.0. The Labute approximate surface area is 161 Å². The molecule has 0 bridgehead atoms. The number of nitrogens with one attached hydrogen (secondary N) is 1. The minimum atomic E-state index is -0.201. The van der Waals surface area contributed by atoms with E-state index in [9.17, 15) is 9.59 Å². The summed E-state index contributed by atoms with van der Waals surface area (Å²) in [7, 11) is 1.74. The van der Waals surface area contributed by atoms with Crippen LogP contribution in [0, 0.1) is 0 Å². The molecule has 2 aromatic rings. The fraction of sp³-hybridized carbons (Fsp3) is 0.304. The molecule has 0 radical (unpaired) electrons. The summed E-state index contributed by atoms with van der Waals surface area (Å²) in [5, 5.41) is 2.90. The third-order valence-electron chi connectivity index (χ3n) is 4.42. The van der Waals surface area contributed by atoms with Crippen LogP contribution >= 0.6 is 0 Å². The number of nitrogens with zero attached hydrogens (tertiary/aromatic N) is 1. The first-order chi connectivity index (χ1) is 12.7. The van der Waals surface area contributed by atoms with Gasteiger partial charge < -0.3 is 10.2 Å². The van der Waals surface area contributed by atoms with Gasteiger partial charge in [-0.2, -0.15) is 0 Å². The molecule has 2 amide bonds. The highest BCUT2D eigenvalue weighted by Gasteiger charge is 2.12. The lowest BCUT2D eigenvalue weighted by atomic mass is 9.87.